The van der Waals surface area contributed by atoms with Crippen LogP contribution in [0.25, 0.3) is 0 Å². The average Bonchev–Trinajstić information content (AvgIpc) is 3.19. The first-order chi connectivity index (χ1) is 16.3. The Morgan fingerprint density at radius 3 is 2.62 bits per heavy atom. The normalized spacial score (nSPS) is 42.1. The maximum atomic E-state index is 12.6. The Kier molecular flexibility index (Phi) is 6.46. The molecule has 3 heteroatoms. The largest absolute Gasteiger partial charge is 0.459 e. The van der Waals surface area contributed by atoms with Crippen LogP contribution >= 0.6 is 0 Å². The fourth-order valence-corrected chi connectivity index (χ4v) is 9.00. The third kappa shape index (κ3) is 3.77. The number of carbonyl (C=O) groups excluding carboxylic acids is 1. The fourth-order valence-electron chi connectivity index (χ4n) is 9.00. The van der Waals surface area contributed by atoms with Crippen molar-refractivity contribution in [2.24, 2.45) is 40.4 Å². The molecule has 5 rings (SSSR count). The smallest absolute Gasteiger partial charge is 0.338 e. The first kappa shape index (κ1) is 24.1. The zero-order chi connectivity index (χ0) is 24.1. The summed E-state index contributed by atoms with van der Waals surface area (Å²) in [4.78, 5) is 12.6. The predicted octanol–water partition coefficient (Wildman–Crippen LogP) is 7.20. The summed E-state index contributed by atoms with van der Waals surface area (Å²) in [6.45, 7) is 9.57. The van der Waals surface area contributed by atoms with Crippen molar-refractivity contribution in [1.82, 2.24) is 0 Å². The van der Waals surface area contributed by atoms with Gasteiger partial charge in [-0.3, -0.25) is 0 Å². The molecule has 0 bridgehead atoms. The van der Waals surface area contributed by atoms with Crippen molar-refractivity contribution in [3.63, 3.8) is 0 Å². The van der Waals surface area contributed by atoms with Crippen LogP contribution in [0.5, 0.6) is 0 Å². The molecule has 3 saturated carbocycles. The van der Waals surface area contributed by atoms with Crippen LogP contribution in [0.4, 0.5) is 0 Å². The number of rotatable bonds is 5. The Hall–Kier alpha value is -1.61. The van der Waals surface area contributed by atoms with Crippen LogP contribution in [0.15, 0.2) is 42.0 Å². The standard InChI is InChI=1S/C31H44O3/c1-5-9-20(2)25-14-15-26-24-13-12-22-18-23(34-29(33)21-10-7-6-8-11-21)16-17-30(22,3)27(24)19-28(32)31(25,26)4/h6-8,10-11,19-20,22-26,28,32H,5,9,12-18H2,1-4H3/t20-,22-,23-,24+,25?,26+,28-,30+,31-/m1/s1. The van der Waals surface area contributed by atoms with Crippen molar-refractivity contribution >= 4 is 5.97 Å². The van der Waals surface area contributed by atoms with Gasteiger partial charge in [0.05, 0.1) is 11.7 Å². The molecule has 1 unspecified atom stereocenters. The Morgan fingerprint density at radius 1 is 1.12 bits per heavy atom. The Labute approximate surface area is 206 Å². The van der Waals surface area contributed by atoms with Crippen molar-refractivity contribution in [2.45, 2.75) is 97.7 Å². The summed E-state index contributed by atoms with van der Waals surface area (Å²) in [6, 6.07) is 9.38. The van der Waals surface area contributed by atoms with Crippen LogP contribution in [-0.4, -0.2) is 23.3 Å². The topological polar surface area (TPSA) is 46.5 Å². The number of hydrogen-bond donors (Lipinski definition) is 1. The Balaban J connectivity index is 1.34. The summed E-state index contributed by atoms with van der Waals surface area (Å²) in [6.07, 6.45) is 12.4. The molecule has 3 nitrogen and oxygen atoms in total. The van der Waals surface area contributed by atoms with E-state index in [1.807, 2.05) is 30.3 Å². The highest BCUT2D eigenvalue weighted by Gasteiger charge is 2.60. The van der Waals surface area contributed by atoms with Gasteiger partial charge in [0.15, 0.2) is 0 Å². The zero-order valence-electron chi connectivity index (χ0n) is 21.6. The third-order valence-electron chi connectivity index (χ3n) is 10.9. The minimum absolute atomic E-state index is 0.00691. The van der Waals surface area contributed by atoms with Crippen molar-refractivity contribution < 1.29 is 14.6 Å². The van der Waals surface area contributed by atoms with E-state index in [0.29, 0.717) is 35.2 Å². The lowest BCUT2D eigenvalue weighted by Gasteiger charge is -2.58. The third-order valence-corrected chi connectivity index (χ3v) is 10.9. The molecular weight excluding hydrogens is 420 g/mol. The van der Waals surface area contributed by atoms with Crippen LogP contribution in [0.1, 0.15) is 95.8 Å². The predicted molar refractivity (Wildman–Crippen MR) is 136 cm³/mol. The number of aliphatic hydroxyl groups excluding tert-OH is 1. The number of carbonyl (C=O) groups is 1. The van der Waals surface area contributed by atoms with Crippen LogP contribution in [0, 0.1) is 40.4 Å². The summed E-state index contributed by atoms with van der Waals surface area (Å²) in [5.74, 6) is 2.89. The summed E-state index contributed by atoms with van der Waals surface area (Å²) in [5.41, 5.74) is 2.35. The highest BCUT2D eigenvalue weighted by atomic mass is 16.5. The average molecular weight is 465 g/mol. The molecule has 4 aliphatic carbocycles. The van der Waals surface area contributed by atoms with Gasteiger partial charge in [-0.25, -0.2) is 4.79 Å². The van der Waals surface area contributed by atoms with Crippen molar-refractivity contribution in [1.29, 1.82) is 0 Å². The summed E-state index contributed by atoms with van der Waals surface area (Å²) >= 11 is 0. The number of fused-ring (bicyclic) bond motifs is 5. The summed E-state index contributed by atoms with van der Waals surface area (Å²) < 4.78 is 5.97. The lowest BCUT2D eigenvalue weighted by Crippen LogP contribution is -2.53. The van der Waals surface area contributed by atoms with Crippen molar-refractivity contribution in [2.75, 3.05) is 0 Å². The number of ether oxygens (including phenoxy) is 1. The molecule has 0 aromatic heterocycles. The van der Waals surface area contributed by atoms with Gasteiger partial charge in [-0.15, -0.1) is 0 Å². The van der Waals surface area contributed by atoms with Gasteiger partial charge < -0.3 is 9.84 Å². The van der Waals surface area contributed by atoms with Crippen LogP contribution in [0.3, 0.4) is 0 Å². The van der Waals surface area contributed by atoms with E-state index in [1.165, 1.54) is 38.5 Å². The van der Waals surface area contributed by atoms with Gasteiger partial charge in [0.1, 0.15) is 6.10 Å². The van der Waals surface area contributed by atoms with E-state index in [9.17, 15) is 9.90 Å². The van der Waals surface area contributed by atoms with E-state index in [-0.39, 0.29) is 29.0 Å². The van der Waals surface area contributed by atoms with Gasteiger partial charge in [-0.05, 0) is 92.1 Å². The van der Waals surface area contributed by atoms with E-state index < -0.39 is 0 Å². The molecule has 186 valence electrons. The molecular formula is C31H44O3. The number of aliphatic hydroxyl groups is 1. The molecule has 0 amide bonds. The molecule has 34 heavy (non-hydrogen) atoms. The van der Waals surface area contributed by atoms with Gasteiger partial charge >= 0.3 is 5.97 Å². The van der Waals surface area contributed by atoms with Gasteiger partial charge in [0.2, 0.25) is 0 Å². The molecule has 0 aliphatic heterocycles. The molecule has 1 aromatic rings. The second-order valence-electron chi connectivity index (χ2n) is 12.5. The van der Waals surface area contributed by atoms with E-state index in [1.54, 1.807) is 5.57 Å². The molecule has 9 atom stereocenters. The molecule has 1 N–H and O–H groups in total. The minimum Gasteiger partial charge on any atom is -0.459 e. The Morgan fingerprint density at radius 2 is 1.88 bits per heavy atom. The van der Waals surface area contributed by atoms with Crippen molar-refractivity contribution in [3.05, 3.63) is 47.5 Å². The van der Waals surface area contributed by atoms with E-state index in [0.717, 1.165) is 19.3 Å². The lowest BCUT2D eigenvalue weighted by molar-refractivity contribution is -0.0654. The summed E-state index contributed by atoms with van der Waals surface area (Å²) in [5, 5.41) is 11.6. The number of allylic oxidation sites excluding steroid dienone is 1. The maximum absolute atomic E-state index is 12.6. The van der Waals surface area contributed by atoms with Crippen LogP contribution in [-0.2, 0) is 4.74 Å². The lowest BCUT2D eigenvalue weighted by atomic mass is 9.47. The Bertz CT molecular complexity index is 922. The molecule has 4 aliphatic rings. The zero-order valence-corrected chi connectivity index (χ0v) is 21.6. The second-order valence-corrected chi connectivity index (χ2v) is 12.5. The molecule has 3 fully saturated rings. The maximum Gasteiger partial charge on any atom is 0.338 e. The van der Waals surface area contributed by atoms with E-state index in [4.69, 9.17) is 4.74 Å². The van der Waals surface area contributed by atoms with Gasteiger partial charge in [-0.2, -0.15) is 0 Å². The second kappa shape index (κ2) is 9.12. The summed E-state index contributed by atoms with van der Waals surface area (Å²) in [7, 11) is 0. The molecule has 0 spiro atoms. The van der Waals surface area contributed by atoms with Crippen LogP contribution < -0.4 is 0 Å². The molecule has 0 heterocycles. The monoisotopic (exact) mass is 464 g/mol. The SMILES string of the molecule is CCC[C@@H](C)C1CC[C@H]2[C@@H]3CC[C@@H]4C[C@H](OC(=O)c5ccccc5)CC[C@]4(C)C3=C[C@@H](O)[C@]12C. The van der Waals surface area contributed by atoms with Gasteiger partial charge in [0, 0.05) is 5.41 Å². The van der Waals surface area contributed by atoms with Crippen LogP contribution in [0.2, 0.25) is 0 Å². The molecule has 1 aromatic carbocycles. The van der Waals surface area contributed by atoms with E-state index >= 15 is 0 Å². The highest BCUT2D eigenvalue weighted by molar-refractivity contribution is 5.89. The minimum atomic E-state index is -0.334. The highest BCUT2D eigenvalue weighted by Crippen LogP contribution is 2.66. The number of esters is 1. The molecule has 0 saturated heterocycles. The van der Waals surface area contributed by atoms with Gasteiger partial charge in [0.25, 0.3) is 0 Å². The quantitative estimate of drug-likeness (QED) is 0.370. The number of benzene rings is 1. The van der Waals surface area contributed by atoms with Crippen molar-refractivity contribution in [3.8, 4) is 0 Å². The first-order valence-electron chi connectivity index (χ1n) is 13.9. The van der Waals surface area contributed by atoms with E-state index in [2.05, 4.69) is 33.8 Å². The van der Waals surface area contributed by atoms with Gasteiger partial charge in [-0.1, -0.05) is 70.4 Å². The fraction of sp³-hybridized carbons (Fsp3) is 0.710. The molecule has 0 radical (unpaired) electrons. The number of hydrogen-bond acceptors (Lipinski definition) is 3. The first-order valence-corrected chi connectivity index (χ1v) is 13.9.